The predicted molar refractivity (Wildman–Crippen MR) is 126 cm³/mol. The first kappa shape index (κ1) is 21.1. The number of hydrogen-bond donors (Lipinski definition) is 3. The Bertz CT molecular complexity index is 1270. The van der Waals surface area contributed by atoms with Gasteiger partial charge in [0.25, 0.3) is 5.91 Å². The van der Waals surface area contributed by atoms with Crippen LogP contribution in [-0.2, 0) is 5.41 Å². The molecule has 0 radical (unpaired) electrons. The Labute approximate surface area is 185 Å². The van der Waals surface area contributed by atoms with Gasteiger partial charge in [-0.3, -0.25) is 10.1 Å². The number of hydrogen-bond acceptors (Lipinski definition) is 4. The van der Waals surface area contributed by atoms with Gasteiger partial charge in [-0.05, 0) is 47.2 Å². The minimum atomic E-state index is -0.438. The molecular formula is C25H24N4O3. The number of carbonyl (C=O) groups excluding carboxylic acids is 2. The Morgan fingerprint density at radius 2 is 1.44 bits per heavy atom. The molecule has 7 heteroatoms. The van der Waals surface area contributed by atoms with E-state index in [0.717, 1.165) is 10.8 Å². The summed E-state index contributed by atoms with van der Waals surface area (Å²) in [6, 6.07) is 21.6. The summed E-state index contributed by atoms with van der Waals surface area (Å²) in [7, 11) is 0. The number of aromatic nitrogens is 1. The van der Waals surface area contributed by atoms with E-state index in [9.17, 15) is 9.59 Å². The highest BCUT2D eigenvalue weighted by atomic mass is 16.5. The Morgan fingerprint density at radius 1 is 0.781 bits per heavy atom. The Hall–Kier alpha value is -4.13. The number of fused-ring (bicyclic) bond motifs is 1. The number of benzene rings is 3. The Kier molecular flexibility index (Phi) is 5.64. The standard InChI is InChI=1S/C25H24N4O3/c1-25(2,3)21-15-22(29-32-21)28-24(31)27-20-12-10-19(11-13-20)26-23(30)18-9-8-16-6-4-5-7-17(16)14-18/h4-15H,1-3H3,(H,26,30)(H2,27,28,29,31). The summed E-state index contributed by atoms with van der Waals surface area (Å²) in [6.07, 6.45) is 0. The average Bonchev–Trinajstić information content (AvgIpc) is 3.23. The van der Waals surface area contributed by atoms with Crippen LogP contribution in [0.2, 0.25) is 0 Å². The van der Waals surface area contributed by atoms with Crippen molar-refractivity contribution in [3.63, 3.8) is 0 Å². The van der Waals surface area contributed by atoms with Crippen LogP contribution in [0.5, 0.6) is 0 Å². The smallest absolute Gasteiger partial charge is 0.324 e. The fraction of sp³-hybridized carbons (Fsp3) is 0.160. The number of carbonyl (C=O) groups is 2. The van der Waals surface area contributed by atoms with E-state index in [1.165, 1.54) is 0 Å². The number of rotatable bonds is 4. The van der Waals surface area contributed by atoms with Gasteiger partial charge in [0.1, 0.15) is 5.76 Å². The van der Waals surface area contributed by atoms with Crippen molar-refractivity contribution in [2.45, 2.75) is 26.2 Å². The van der Waals surface area contributed by atoms with E-state index in [1.807, 2.05) is 57.2 Å². The molecule has 162 valence electrons. The molecule has 4 aromatic rings. The molecule has 0 unspecified atom stereocenters. The van der Waals surface area contributed by atoms with Crippen molar-refractivity contribution in [3.8, 4) is 0 Å². The first-order chi connectivity index (χ1) is 15.3. The molecule has 4 rings (SSSR count). The molecule has 0 aliphatic heterocycles. The summed E-state index contributed by atoms with van der Waals surface area (Å²) in [6.45, 7) is 5.99. The van der Waals surface area contributed by atoms with Crippen molar-refractivity contribution in [1.82, 2.24) is 5.16 Å². The van der Waals surface area contributed by atoms with Gasteiger partial charge in [0.05, 0.1) is 0 Å². The predicted octanol–water partition coefficient (Wildman–Crippen LogP) is 6.02. The van der Waals surface area contributed by atoms with Gasteiger partial charge in [0.2, 0.25) is 0 Å². The highest BCUT2D eigenvalue weighted by Gasteiger charge is 2.20. The van der Waals surface area contributed by atoms with Crippen molar-refractivity contribution >= 4 is 39.9 Å². The number of amides is 3. The van der Waals surface area contributed by atoms with E-state index >= 15 is 0 Å². The summed E-state index contributed by atoms with van der Waals surface area (Å²) in [5.41, 5.74) is 1.58. The van der Waals surface area contributed by atoms with Crippen LogP contribution in [-0.4, -0.2) is 17.1 Å². The number of nitrogens with zero attached hydrogens (tertiary/aromatic N) is 1. The highest BCUT2D eigenvalue weighted by molar-refractivity contribution is 6.06. The molecule has 1 aromatic heterocycles. The zero-order chi connectivity index (χ0) is 22.7. The second kappa shape index (κ2) is 8.55. The van der Waals surface area contributed by atoms with Crippen molar-refractivity contribution in [3.05, 3.63) is 84.1 Å². The van der Waals surface area contributed by atoms with Crippen molar-refractivity contribution in [2.75, 3.05) is 16.0 Å². The zero-order valence-electron chi connectivity index (χ0n) is 18.1. The number of urea groups is 1. The van der Waals surface area contributed by atoms with Crippen LogP contribution in [0.4, 0.5) is 22.0 Å². The molecule has 0 atom stereocenters. The molecule has 32 heavy (non-hydrogen) atoms. The maximum absolute atomic E-state index is 12.6. The third-order valence-electron chi connectivity index (χ3n) is 4.90. The average molecular weight is 428 g/mol. The van der Waals surface area contributed by atoms with Crippen LogP contribution in [0.1, 0.15) is 36.9 Å². The molecule has 7 nitrogen and oxygen atoms in total. The summed E-state index contributed by atoms with van der Waals surface area (Å²) >= 11 is 0. The maximum atomic E-state index is 12.6. The molecule has 0 saturated heterocycles. The fourth-order valence-corrected chi connectivity index (χ4v) is 3.14. The van der Waals surface area contributed by atoms with Gasteiger partial charge in [0, 0.05) is 28.4 Å². The SMILES string of the molecule is CC(C)(C)c1cc(NC(=O)Nc2ccc(NC(=O)c3ccc4ccccc4c3)cc2)no1. The first-order valence-corrected chi connectivity index (χ1v) is 10.2. The molecule has 0 aliphatic carbocycles. The number of anilines is 3. The second-order valence-electron chi connectivity index (χ2n) is 8.50. The summed E-state index contributed by atoms with van der Waals surface area (Å²) < 4.78 is 5.26. The van der Waals surface area contributed by atoms with E-state index in [1.54, 1.807) is 36.4 Å². The number of nitrogens with one attached hydrogen (secondary N) is 3. The van der Waals surface area contributed by atoms with E-state index in [2.05, 4.69) is 21.1 Å². The third kappa shape index (κ3) is 4.95. The van der Waals surface area contributed by atoms with Crippen molar-refractivity contribution in [1.29, 1.82) is 0 Å². The maximum Gasteiger partial charge on any atom is 0.324 e. The lowest BCUT2D eigenvalue weighted by Crippen LogP contribution is -2.19. The first-order valence-electron chi connectivity index (χ1n) is 10.2. The molecular weight excluding hydrogens is 404 g/mol. The van der Waals surface area contributed by atoms with E-state index in [4.69, 9.17) is 4.52 Å². The molecule has 0 aliphatic rings. The van der Waals surface area contributed by atoms with Gasteiger partial charge in [0.15, 0.2) is 5.82 Å². The largest absolute Gasteiger partial charge is 0.359 e. The molecule has 3 N–H and O–H groups in total. The molecule has 0 bridgehead atoms. The van der Waals surface area contributed by atoms with Gasteiger partial charge in [-0.1, -0.05) is 56.3 Å². The lowest BCUT2D eigenvalue weighted by atomic mass is 9.93. The molecule has 3 amide bonds. The van der Waals surface area contributed by atoms with Crippen LogP contribution in [0.15, 0.2) is 77.3 Å². The molecule has 0 saturated carbocycles. The molecule has 3 aromatic carbocycles. The normalized spacial score (nSPS) is 11.2. The minimum absolute atomic E-state index is 0.198. The fourth-order valence-electron chi connectivity index (χ4n) is 3.14. The lowest BCUT2D eigenvalue weighted by Gasteiger charge is -2.12. The molecule has 0 spiro atoms. The topological polar surface area (TPSA) is 96.3 Å². The van der Waals surface area contributed by atoms with Crippen LogP contribution >= 0.6 is 0 Å². The quantitative estimate of drug-likeness (QED) is 0.370. The van der Waals surface area contributed by atoms with Crippen LogP contribution in [0.3, 0.4) is 0 Å². The van der Waals surface area contributed by atoms with Gasteiger partial charge >= 0.3 is 6.03 Å². The van der Waals surface area contributed by atoms with Crippen LogP contribution < -0.4 is 16.0 Å². The third-order valence-corrected chi connectivity index (χ3v) is 4.90. The summed E-state index contributed by atoms with van der Waals surface area (Å²) in [5, 5.41) is 14.2. The minimum Gasteiger partial charge on any atom is -0.359 e. The van der Waals surface area contributed by atoms with Crippen molar-refractivity contribution < 1.29 is 14.1 Å². The summed E-state index contributed by atoms with van der Waals surface area (Å²) in [5.74, 6) is 0.820. The van der Waals surface area contributed by atoms with E-state index in [0.29, 0.717) is 28.5 Å². The van der Waals surface area contributed by atoms with Crippen molar-refractivity contribution in [2.24, 2.45) is 0 Å². The lowest BCUT2D eigenvalue weighted by molar-refractivity contribution is 0.102. The van der Waals surface area contributed by atoms with E-state index < -0.39 is 6.03 Å². The molecule has 1 heterocycles. The highest BCUT2D eigenvalue weighted by Crippen LogP contribution is 2.24. The van der Waals surface area contributed by atoms with Crippen LogP contribution in [0, 0.1) is 0 Å². The van der Waals surface area contributed by atoms with Gasteiger partial charge in [-0.15, -0.1) is 0 Å². The summed E-state index contributed by atoms with van der Waals surface area (Å²) in [4.78, 5) is 24.8. The molecule has 0 fully saturated rings. The van der Waals surface area contributed by atoms with E-state index in [-0.39, 0.29) is 11.3 Å². The van der Waals surface area contributed by atoms with Gasteiger partial charge < -0.3 is 15.2 Å². The zero-order valence-corrected chi connectivity index (χ0v) is 18.1. The van der Waals surface area contributed by atoms with Crippen LogP contribution in [0.25, 0.3) is 10.8 Å². The Morgan fingerprint density at radius 3 is 2.09 bits per heavy atom. The monoisotopic (exact) mass is 428 g/mol. The second-order valence-corrected chi connectivity index (χ2v) is 8.50. The van der Waals surface area contributed by atoms with Gasteiger partial charge in [-0.25, -0.2) is 4.79 Å². The Balaban J connectivity index is 1.35. The van der Waals surface area contributed by atoms with Gasteiger partial charge in [-0.2, -0.15) is 0 Å².